The summed E-state index contributed by atoms with van der Waals surface area (Å²) in [5.74, 6) is 0. The van der Waals surface area contributed by atoms with Crippen molar-refractivity contribution in [2.24, 2.45) is 5.73 Å². The van der Waals surface area contributed by atoms with Gasteiger partial charge in [0.25, 0.3) is 0 Å². The number of nitro benzene ring substituents is 1. The molecule has 0 aliphatic carbocycles. The van der Waals surface area contributed by atoms with E-state index in [0.717, 1.165) is 0 Å². The van der Waals surface area contributed by atoms with E-state index in [1.807, 2.05) is 0 Å². The number of nitrogens with zero attached hydrogens (tertiary/aromatic N) is 3. The van der Waals surface area contributed by atoms with E-state index < -0.39 is 12.7 Å². The lowest BCUT2D eigenvalue weighted by atomic mass is 10.3. The fourth-order valence-corrected chi connectivity index (χ4v) is 1.45. The van der Waals surface area contributed by atoms with Gasteiger partial charge in [0.15, 0.2) is 5.58 Å². The maximum atomic E-state index is 10.4. The number of rotatable bonds is 4. The van der Waals surface area contributed by atoms with Crippen LogP contribution in [0, 0.1) is 10.1 Å². The second-order valence-electron chi connectivity index (χ2n) is 3.27. The van der Waals surface area contributed by atoms with Crippen molar-refractivity contribution >= 4 is 24.6 Å². The van der Waals surface area contributed by atoms with E-state index in [1.165, 1.54) is 12.1 Å². The van der Waals surface area contributed by atoms with Gasteiger partial charge in [0.2, 0.25) is 5.52 Å². The van der Waals surface area contributed by atoms with Gasteiger partial charge >= 0.3 is 13.5 Å². The fraction of sp³-hybridized carbons (Fsp3) is 0.250. The summed E-state index contributed by atoms with van der Waals surface area (Å²) in [6, 6.07) is 4.45. The van der Waals surface area contributed by atoms with Crippen LogP contribution in [0.25, 0.3) is 11.1 Å². The molecule has 0 unspecified atom stereocenters. The fourth-order valence-electron chi connectivity index (χ4n) is 1.11. The smallest absolute Gasteiger partial charge is 0.337 e. The van der Waals surface area contributed by atoms with Crippen LogP contribution in [0.4, 0.5) is 5.69 Å². The lowest BCUT2D eigenvalue weighted by molar-refractivity contribution is -0.383. The third kappa shape index (κ3) is 4.99. The maximum absolute atomic E-state index is 10.4. The first-order chi connectivity index (χ1) is 9.35. The van der Waals surface area contributed by atoms with Crippen LogP contribution in [0.2, 0.25) is 0 Å². The van der Waals surface area contributed by atoms with Crippen LogP contribution in [-0.4, -0.2) is 38.2 Å². The Morgan fingerprint density at radius 2 is 2.20 bits per heavy atom. The predicted molar refractivity (Wildman–Crippen MR) is 65.5 cm³/mol. The number of hydrogen-bond acceptors (Lipinski definition) is 8. The van der Waals surface area contributed by atoms with Crippen molar-refractivity contribution in [2.75, 3.05) is 13.2 Å². The van der Waals surface area contributed by atoms with E-state index in [4.69, 9.17) is 15.5 Å². The zero-order valence-corrected chi connectivity index (χ0v) is 10.8. The highest BCUT2D eigenvalue weighted by Crippen LogP contribution is 2.34. The van der Waals surface area contributed by atoms with Gasteiger partial charge in [0.1, 0.15) is 0 Å². The minimum absolute atomic E-state index is 0.0891. The quantitative estimate of drug-likeness (QED) is 0.401. The molecule has 0 atom stereocenters. The van der Waals surface area contributed by atoms with Gasteiger partial charge in [-0.15, -0.1) is 5.10 Å². The first-order valence-electron chi connectivity index (χ1n) is 5.11. The zero-order chi connectivity index (χ0) is 15.2. The standard InChI is InChI=1S/C6H3N3O3.C2H8NO4P/c10-9(11)4-2-1-3-5-6(4)7-8-12-5;3-1-2-7-8(4,5)6/h1-3H;1-3H2,(H2,4,5,6). The highest BCUT2D eigenvalue weighted by atomic mass is 31.2. The first-order valence-corrected chi connectivity index (χ1v) is 6.64. The number of aromatic nitrogens is 2. The summed E-state index contributed by atoms with van der Waals surface area (Å²) in [7, 11) is -4.26. The molecule has 0 saturated carbocycles. The number of phosphoric ester groups is 1. The van der Waals surface area contributed by atoms with Crippen LogP contribution in [-0.2, 0) is 9.09 Å². The molecule has 1 aromatic heterocycles. The van der Waals surface area contributed by atoms with Gasteiger partial charge in [-0.25, -0.2) is 4.57 Å². The Morgan fingerprint density at radius 1 is 1.50 bits per heavy atom. The molecule has 0 aliphatic heterocycles. The molecule has 0 amide bonds. The molecular formula is C8H11N4O7P. The molecule has 0 spiro atoms. The normalized spacial score (nSPS) is 10.9. The SMILES string of the molecule is NCCOP(=O)(O)O.O=[N+]([O-])c1cccc2onnc12. The van der Waals surface area contributed by atoms with E-state index in [2.05, 4.69) is 19.4 Å². The number of phosphoric acid groups is 1. The molecule has 2 rings (SSSR count). The number of non-ortho nitro benzene ring substituents is 1. The minimum atomic E-state index is -4.26. The van der Waals surface area contributed by atoms with Gasteiger partial charge in [0.05, 0.1) is 11.5 Å². The summed E-state index contributed by atoms with van der Waals surface area (Å²) in [5.41, 5.74) is 5.28. The Kier molecular flexibility index (Phi) is 5.67. The van der Waals surface area contributed by atoms with Crippen molar-refractivity contribution in [1.29, 1.82) is 0 Å². The Labute approximate surface area is 111 Å². The molecule has 110 valence electrons. The number of benzene rings is 1. The minimum Gasteiger partial charge on any atom is -0.337 e. The highest BCUT2D eigenvalue weighted by molar-refractivity contribution is 7.46. The van der Waals surface area contributed by atoms with E-state index >= 15 is 0 Å². The average molecular weight is 306 g/mol. The molecule has 0 fully saturated rings. The largest absolute Gasteiger partial charge is 0.469 e. The van der Waals surface area contributed by atoms with Gasteiger partial charge in [-0.3, -0.25) is 14.6 Å². The lowest BCUT2D eigenvalue weighted by Crippen LogP contribution is -2.06. The summed E-state index contributed by atoms with van der Waals surface area (Å²) in [4.78, 5) is 25.9. The van der Waals surface area contributed by atoms with E-state index in [1.54, 1.807) is 6.07 Å². The van der Waals surface area contributed by atoms with Crippen LogP contribution >= 0.6 is 7.82 Å². The van der Waals surface area contributed by atoms with Crippen molar-refractivity contribution in [3.05, 3.63) is 28.3 Å². The molecule has 11 nitrogen and oxygen atoms in total. The molecule has 20 heavy (non-hydrogen) atoms. The number of nitro groups is 1. The van der Waals surface area contributed by atoms with Gasteiger partial charge in [-0.2, -0.15) is 0 Å². The van der Waals surface area contributed by atoms with Gasteiger partial charge in [-0.05, 0) is 6.07 Å². The molecule has 2 aromatic rings. The van der Waals surface area contributed by atoms with Crippen molar-refractivity contribution in [2.45, 2.75) is 0 Å². The van der Waals surface area contributed by atoms with Crippen LogP contribution in [0.1, 0.15) is 0 Å². The van der Waals surface area contributed by atoms with E-state index in [0.29, 0.717) is 5.58 Å². The van der Waals surface area contributed by atoms with Gasteiger partial charge in [0, 0.05) is 17.9 Å². The monoisotopic (exact) mass is 306 g/mol. The molecule has 0 saturated heterocycles. The molecule has 1 aromatic carbocycles. The van der Waals surface area contributed by atoms with Crippen molar-refractivity contribution in [3.8, 4) is 0 Å². The molecule has 0 aliphatic rings. The highest BCUT2D eigenvalue weighted by Gasteiger charge is 2.14. The summed E-state index contributed by atoms with van der Waals surface area (Å²) in [5, 5.41) is 17.1. The molecular weight excluding hydrogens is 295 g/mol. The van der Waals surface area contributed by atoms with Crippen LogP contribution in [0.5, 0.6) is 0 Å². The van der Waals surface area contributed by atoms with Crippen molar-refractivity contribution in [1.82, 2.24) is 10.4 Å². The third-order valence-corrected chi connectivity index (χ3v) is 2.35. The third-order valence-electron chi connectivity index (χ3n) is 1.83. The predicted octanol–water partition coefficient (Wildman–Crippen LogP) is 0.185. The zero-order valence-electron chi connectivity index (χ0n) is 9.95. The molecule has 4 N–H and O–H groups in total. The first kappa shape index (κ1) is 16.1. The number of hydrogen-bond donors (Lipinski definition) is 3. The number of nitrogens with two attached hydrogens (primary N) is 1. The molecule has 0 bridgehead atoms. The van der Waals surface area contributed by atoms with Gasteiger partial charge < -0.3 is 20.0 Å². The topological polar surface area (TPSA) is 175 Å². The Hall–Kier alpha value is -1.91. The van der Waals surface area contributed by atoms with Crippen LogP contribution in [0.3, 0.4) is 0 Å². The molecule has 12 heteroatoms. The van der Waals surface area contributed by atoms with Crippen molar-refractivity contribution in [3.63, 3.8) is 0 Å². The van der Waals surface area contributed by atoms with E-state index in [-0.39, 0.29) is 24.4 Å². The van der Waals surface area contributed by atoms with Gasteiger partial charge in [-0.1, -0.05) is 6.07 Å². The summed E-state index contributed by atoms with van der Waals surface area (Å²) in [6.07, 6.45) is 0. The summed E-state index contributed by atoms with van der Waals surface area (Å²) >= 11 is 0. The maximum Gasteiger partial charge on any atom is 0.469 e. The number of fused-ring (bicyclic) bond motifs is 1. The average Bonchev–Trinajstić information content (AvgIpc) is 2.83. The summed E-state index contributed by atoms with van der Waals surface area (Å²) in [6.45, 7) is 0.00931. The Morgan fingerprint density at radius 3 is 2.70 bits per heavy atom. The second-order valence-corrected chi connectivity index (χ2v) is 4.51. The van der Waals surface area contributed by atoms with Crippen molar-refractivity contribution < 1.29 is 28.3 Å². The van der Waals surface area contributed by atoms with Crippen LogP contribution in [0.15, 0.2) is 22.7 Å². The lowest BCUT2D eigenvalue weighted by Gasteiger charge is -2.00. The van der Waals surface area contributed by atoms with Crippen LogP contribution < -0.4 is 5.73 Å². The summed E-state index contributed by atoms with van der Waals surface area (Å²) < 4.78 is 18.4. The molecule has 0 radical (unpaired) electrons. The van der Waals surface area contributed by atoms with E-state index in [9.17, 15) is 14.7 Å². The second kappa shape index (κ2) is 7.03. The Bertz CT molecular complexity index is 624. The Balaban J connectivity index is 0.000000221. The molecule has 1 heterocycles.